The summed E-state index contributed by atoms with van der Waals surface area (Å²) >= 11 is 0. The van der Waals surface area contributed by atoms with Crippen molar-refractivity contribution in [3.63, 3.8) is 0 Å². The molecule has 0 bridgehead atoms. The fraction of sp³-hybridized carbons (Fsp3) is 0.476. The summed E-state index contributed by atoms with van der Waals surface area (Å²) < 4.78 is 5.82. The summed E-state index contributed by atoms with van der Waals surface area (Å²) in [7, 11) is 1.86. The molecule has 2 aromatic rings. The normalized spacial score (nSPS) is 22.7. The number of hydrogen-bond acceptors (Lipinski definition) is 3. The summed E-state index contributed by atoms with van der Waals surface area (Å²) in [4.78, 5) is 6.69. The second kappa shape index (κ2) is 6.30. The standard InChI is InChI=1S/C21H26N2O/c1-16-3-4-19-18(13-16)20(24-2)14-21(19)7-11-23(12-8-21)15-17-5-9-22-10-6-17/h3-6,9-10,13,20H,7-8,11-12,14-15H2,1-2H3/t20-/m0/s1. The molecule has 2 aliphatic rings. The number of nitrogens with zero attached hydrogens (tertiary/aromatic N) is 2. The molecule has 4 rings (SSSR count). The Morgan fingerprint density at radius 2 is 1.92 bits per heavy atom. The number of piperidine rings is 1. The van der Waals surface area contributed by atoms with E-state index < -0.39 is 0 Å². The van der Waals surface area contributed by atoms with E-state index in [1.54, 1.807) is 5.56 Å². The Labute approximate surface area is 144 Å². The van der Waals surface area contributed by atoms with Crippen LogP contribution in [0.1, 0.15) is 47.6 Å². The van der Waals surface area contributed by atoms with Gasteiger partial charge in [0.1, 0.15) is 0 Å². The number of aromatic nitrogens is 1. The average molecular weight is 322 g/mol. The van der Waals surface area contributed by atoms with Crippen LogP contribution in [0.3, 0.4) is 0 Å². The van der Waals surface area contributed by atoms with Crippen LogP contribution in [-0.2, 0) is 16.7 Å². The third-order valence-corrected chi connectivity index (χ3v) is 5.95. The molecule has 3 nitrogen and oxygen atoms in total. The molecule has 1 aliphatic carbocycles. The minimum absolute atomic E-state index is 0.270. The van der Waals surface area contributed by atoms with Gasteiger partial charge in [-0.2, -0.15) is 0 Å². The first-order chi connectivity index (χ1) is 11.7. The van der Waals surface area contributed by atoms with Gasteiger partial charge in [0.15, 0.2) is 0 Å². The zero-order valence-corrected chi connectivity index (χ0v) is 14.7. The average Bonchev–Trinajstić information content (AvgIpc) is 2.91. The lowest BCUT2D eigenvalue weighted by atomic mass is 9.73. The molecule has 1 spiro atoms. The molecule has 24 heavy (non-hydrogen) atoms. The number of ether oxygens (including phenoxy) is 1. The Kier molecular flexibility index (Phi) is 4.15. The molecular formula is C21H26N2O. The lowest BCUT2D eigenvalue weighted by molar-refractivity contribution is 0.0687. The lowest BCUT2D eigenvalue weighted by Crippen LogP contribution is -2.41. The van der Waals surface area contributed by atoms with Crippen molar-refractivity contribution < 1.29 is 4.74 Å². The molecule has 1 aliphatic heterocycles. The molecule has 1 aromatic heterocycles. The molecule has 0 saturated carbocycles. The highest BCUT2D eigenvalue weighted by Crippen LogP contribution is 2.52. The molecule has 126 valence electrons. The summed E-state index contributed by atoms with van der Waals surface area (Å²) in [6.07, 6.45) is 7.65. The minimum atomic E-state index is 0.270. The maximum Gasteiger partial charge on any atom is 0.0832 e. The maximum atomic E-state index is 5.82. The number of rotatable bonds is 3. The number of fused-ring (bicyclic) bond motifs is 2. The van der Waals surface area contributed by atoms with E-state index in [1.807, 2.05) is 19.5 Å². The van der Waals surface area contributed by atoms with Gasteiger partial charge in [-0.25, -0.2) is 0 Å². The van der Waals surface area contributed by atoms with Gasteiger partial charge in [0.05, 0.1) is 6.10 Å². The van der Waals surface area contributed by atoms with Crippen molar-refractivity contribution in [1.82, 2.24) is 9.88 Å². The minimum Gasteiger partial charge on any atom is -0.377 e. The molecular weight excluding hydrogens is 296 g/mol. The van der Waals surface area contributed by atoms with Crippen molar-refractivity contribution in [1.29, 1.82) is 0 Å². The zero-order chi connectivity index (χ0) is 16.6. The fourth-order valence-electron chi connectivity index (χ4n) is 4.58. The van der Waals surface area contributed by atoms with Crippen molar-refractivity contribution in [3.05, 3.63) is 65.0 Å². The Balaban J connectivity index is 1.51. The van der Waals surface area contributed by atoms with E-state index in [-0.39, 0.29) is 6.10 Å². The molecule has 0 N–H and O–H groups in total. The van der Waals surface area contributed by atoms with E-state index in [2.05, 4.69) is 47.1 Å². The number of aryl methyl sites for hydroxylation is 1. The van der Waals surface area contributed by atoms with E-state index in [9.17, 15) is 0 Å². The largest absolute Gasteiger partial charge is 0.377 e. The molecule has 1 aromatic carbocycles. The number of likely N-dealkylation sites (tertiary alicyclic amines) is 1. The van der Waals surface area contributed by atoms with Gasteiger partial charge in [0.25, 0.3) is 0 Å². The first-order valence-electron chi connectivity index (χ1n) is 8.95. The fourth-order valence-corrected chi connectivity index (χ4v) is 4.58. The quantitative estimate of drug-likeness (QED) is 0.853. The number of methoxy groups -OCH3 is 1. The first kappa shape index (κ1) is 15.8. The van der Waals surface area contributed by atoms with Crippen molar-refractivity contribution in [3.8, 4) is 0 Å². The Morgan fingerprint density at radius 3 is 2.62 bits per heavy atom. The summed E-state index contributed by atoms with van der Waals surface area (Å²) in [5, 5.41) is 0. The molecule has 0 radical (unpaired) electrons. The van der Waals surface area contributed by atoms with Gasteiger partial charge in [0.2, 0.25) is 0 Å². The van der Waals surface area contributed by atoms with Gasteiger partial charge in [-0.3, -0.25) is 9.88 Å². The first-order valence-corrected chi connectivity index (χ1v) is 8.95. The molecule has 0 unspecified atom stereocenters. The van der Waals surface area contributed by atoms with Crippen LogP contribution >= 0.6 is 0 Å². The van der Waals surface area contributed by atoms with Crippen LogP contribution in [0.2, 0.25) is 0 Å². The van der Waals surface area contributed by atoms with Crippen LogP contribution in [0.25, 0.3) is 0 Å². The molecule has 2 heterocycles. The van der Waals surface area contributed by atoms with Gasteiger partial charge >= 0.3 is 0 Å². The van der Waals surface area contributed by atoms with Crippen LogP contribution in [0.5, 0.6) is 0 Å². The number of pyridine rings is 1. The Morgan fingerprint density at radius 1 is 1.17 bits per heavy atom. The smallest absolute Gasteiger partial charge is 0.0832 e. The van der Waals surface area contributed by atoms with Crippen LogP contribution < -0.4 is 0 Å². The second-order valence-electron chi connectivity index (χ2n) is 7.43. The van der Waals surface area contributed by atoms with Gasteiger partial charge < -0.3 is 4.74 Å². The van der Waals surface area contributed by atoms with E-state index >= 15 is 0 Å². The Bertz CT molecular complexity index is 705. The molecule has 1 atom stereocenters. The van der Waals surface area contributed by atoms with Gasteiger partial charge in [0, 0.05) is 31.5 Å². The van der Waals surface area contributed by atoms with Crippen molar-refractivity contribution >= 4 is 0 Å². The highest BCUT2D eigenvalue weighted by Gasteiger charge is 2.45. The topological polar surface area (TPSA) is 25.4 Å². The predicted molar refractivity (Wildman–Crippen MR) is 96.0 cm³/mol. The highest BCUT2D eigenvalue weighted by molar-refractivity contribution is 5.44. The van der Waals surface area contributed by atoms with Crippen LogP contribution in [0.15, 0.2) is 42.7 Å². The number of benzene rings is 1. The SMILES string of the molecule is CO[C@H]1CC2(CCN(Cc3ccncc3)CC2)c2ccc(C)cc21. The summed E-state index contributed by atoms with van der Waals surface area (Å²) in [6, 6.07) is 11.2. The molecule has 1 saturated heterocycles. The van der Waals surface area contributed by atoms with E-state index in [0.717, 1.165) is 26.1 Å². The zero-order valence-electron chi connectivity index (χ0n) is 14.7. The Hall–Kier alpha value is -1.71. The monoisotopic (exact) mass is 322 g/mol. The molecule has 1 fully saturated rings. The summed E-state index contributed by atoms with van der Waals surface area (Å²) in [5.74, 6) is 0. The van der Waals surface area contributed by atoms with Gasteiger partial charge in [-0.1, -0.05) is 23.8 Å². The predicted octanol–water partition coefficient (Wildman–Crippen LogP) is 4.02. The van der Waals surface area contributed by atoms with E-state index in [0.29, 0.717) is 5.41 Å². The highest BCUT2D eigenvalue weighted by atomic mass is 16.5. The third kappa shape index (κ3) is 2.76. The van der Waals surface area contributed by atoms with Crippen LogP contribution in [0.4, 0.5) is 0 Å². The van der Waals surface area contributed by atoms with Crippen molar-refractivity contribution in [2.75, 3.05) is 20.2 Å². The van der Waals surface area contributed by atoms with Crippen LogP contribution in [0, 0.1) is 6.92 Å². The van der Waals surface area contributed by atoms with Gasteiger partial charge in [-0.15, -0.1) is 0 Å². The van der Waals surface area contributed by atoms with E-state index in [1.165, 1.54) is 29.5 Å². The molecule has 0 amide bonds. The summed E-state index contributed by atoms with van der Waals surface area (Å²) in [6.45, 7) is 5.53. The van der Waals surface area contributed by atoms with E-state index in [4.69, 9.17) is 4.74 Å². The maximum absolute atomic E-state index is 5.82. The van der Waals surface area contributed by atoms with Gasteiger partial charge in [-0.05, 0) is 68.1 Å². The third-order valence-electron chi connectivity index (χ3n) is 5.95. The van der Waals surface area contributed by atoms with Crippen LogP contribution in [-0.4, -0.2) is 30.1 Å². The van der Waals surface area contributed by atoms with Crippen molar-refractivity contribution in [2.45, 2.75) is 44.2 Å². The number of hydrogen-bond donors (Lipinski definition) is 0. The summed E-state index contributed by atoms with van der Waals surface area (Å²) in [5.41, 5.74) is 5.99. The van der Waals surface area contributed by atoms with Crippen molar-refractivity contribution in [2.24, 2.45) is 0 Å². The second-order valence-corrected chi connectivity index (χ2v) is 7.43. The molecule has 3 heteroatoms. The lowest BCUT2D eigenvalue weighted by Gasteiger charge is -2.40.